The number of fused-ring (bicyclic) bond motifs is 6. The van der Waals surface area contributed by atoms with E-state index in [0.29, 0.717) is 22.1 Å². The first kappa shape index (κ1) is 40.8. The lowest BCUT2D eigenvalue weighted by molar-refractivity contribution is -0.137. The molecule has 4 aromatic heterocycles. The van der Waals surface area contributed by atoms with E-state index in [-0.39, 0.29) is 11.4 Å². The molecule has 12 aromatic rings. The van der Waals surface area contributed by atoms with Gasteiger partial charge in [-0.2, -0.15) is 13.2 Å². The van der Waals surface area contributed by atoms with Gasteiger partial charge < -0.3 is 9.13 Å². The van der Waals surface area contributed by atoms with Crippen molar-refractivity contribution in [1.29, 1.82) is 0 Å². The Labute approximate surface area is 386 Å². The van der Waals surface area contributed by atoms with Crippen molar-refractivity contribution >= 4 is 43.6 Å². The van der Waals surface area contributed by atoms with E-state index >= 15 is 22.0 Å². The zero-order chi connectivity index (χ0) is 46.1. The summed E-state index contributed by atoms with van der Waals surface area (Å²) >= 11 is 0. The van der Waals surface area contributed by atoms with Gasteiger partial charge in [-0.3, -0.25) is 9.97 Å². The molecule has 0 aliphatic carbocycles. The molecule has 12 rings (SSSR count). The number of alkyl halides is 3. The Morgan fingerprint density at radius 1 is 0.353 bits per heavy atom. The molecule has 0 fully saturated rings. The second-order valence-electron chi connectivity index (χ2n) is 16.7. The summed E-state index contributed by atoms with van der Waals surface area (Å²) < 4.78 is 83.0. The van der Waals surface area contributed by atoms with Gasteiger partial charge in [0.25, 0.3) is 0 Å². The third-order valence-electron chi connectivity index (χ3n) is 12.8. The largest absolute Gasteiger partial charge is 0.417 e. The van der Waals surface area contributed by atoms with Crippen LogP contribution in [0.25, 0.3) is 111 Å². The van der Waals surface area contributed by atoms with Gasteiger partial charge in [-0.15, -0.1) is 0 Å². The van der Waals surface area contributed by atoms with Crippen molar-refractivity contribution in [3.05, 3.63) is 230 Å². The van der Waals surface area contributed by atoms with E-state index < -0.39 is 34.5 Å². The fraction of sp³-hybridized carbons (Fsp3) is 0.0169. The summed E-state index contributed by atoms with van der Waals surface area (Å²) in [6, 6.07) is 60.2. The Bertz CT molecular complexity index is 3870. The van der Waals surface area contributed by atoms with Crippen molar-refractivity contribution in [2.45, 2.75) is 6.18 Å². The van der Waals surface area contributed by atoms with E-state index in [2.05, 4.69) is 0 Å². The maximum absolute atomic E-state index is 15.9. The molecule has 0 bridgehead atoms. The van der Waals surface area contributed by atoms with Crippen LogP contribution in [0.5, 0.6) is 0 Å². The van der Waals surface area contributed by atoms with E-state index in [0.717, 1.165) is 90.6 Å². The molecule has 0 saturated heterocycles. The topological polar surface area (TPSA) is 35.6 Å². The van der Waals surface area contributed by atoms with Gasteiger partial charge in [0, 0.05) is 61.8 Å². The second-order valence-corrected chi connectivity index (χ2v) is 16.7. The highest BCUT2D eigenvalue weighted by molar-refractivity contribution is 6.13. The third kappa shape index (κ3) is 6.81. The van der Waals surface area contributed by atoms with E-state index in [1.54, 1.807) is 12.4 Å². The molecule has 9 heteroatoms. The van der Waals surface area contributed by atoms with Gasteiger partial charge in [0.1, 0.15) is 11.6 Å². The summed E-state index contributed by atoms with van der Waals surface area (Å²) in [6.07, 6.45) is -1.43. The van der Waals surface area contributed by atoms with Crippen molar-refractivity contribution in [3.63, 3.8) is 0 Å². The molecule has 68 heavy (non-hydrogen) atoms. The van der Waals surface area contributed by atoms with Gasteiger partial charge in [0.15, 0.2) is 0 Å². The number of pyridine rings is 2. The quantitative estimate of drug-likeness (QED) is 0.149. The highest BCUT2D eigenvalue weighted by Crippen LogP contribution is 2.46. The summed E-state index contributed by atoms with van der Waals surface area (Å²) in [5, 5.41) is 3.29. The number of nitrogens with zero attached hydrogens (tertiary/aromatic N) is 4. The molecular formula is C59H35F5N4. The Morgan fingerprint density at radius 3 is 1.24 bits per heavy atom. The maximum Gasteiger partial charge on any atom is 0.417 e. The molecule has 8 aromatic carbocycles. The lowest BCUT2D eigenvalue weighted by Gasteiger charge is -2.22. The molecule has 0 saturated carbocycles. The monoisotopic (exact) mass is 894 g/mol. The zero-order valence-electron chi connectivity index (χ0n) is 35.9. The number of halogens is 5. The minimum Gasteiger partial charge on any atom is -0.307 e. The Morgan fingerprint density at radius 2 is 0.779 bits per heavy atom. The smallest absolute Gasteiger partial charge is 0.307 e. The number of benzene rings is 8. The molecule has 0 aliphatic rings. The maximum atomic E-state index is 15.9. The molecule has 0 unspecified atom stereocenters. The van der Waals surface area contributed by atoms with Crippen LogP contribution in [0.1, 0.15) is 5.56 Å². The van der Waals surface area contributed by atoms with Gasteiger partial charge in [-0.25, -0.2) is 8.78 Å². The minimum absolute atomic E-state index is 0.153. The fourth-order valence-corrected chi connectivity index (χ4v) is 9.64. The Kier molecular flexibility index (Phi) is 9.62. The van der Waals surface area contributed by atoms with Crippen LogP contribution in [0, 0.1) is 11.6 Å². The van der Waals surface area contributed by atoms with Crippen LogP contribution in [0.2, 0.25) is 0 Å². The van der Waals surface area contributed by atoms with E-state index in [9.17, 15) is 0 Å². The summed E-state index contributed by atoms with van der Waals surface area (Å²) in [5.41, 5.74) is 7.27. The van der Waals surface area contributed by atoms with Crippen LogP contribution >= 0.6 is 0 Å². The fourth-order valence-electron chi connectivity index (χ4n) is 9.64. The summed E-state index contributed by atoms with van der Waals surface area (Å²) in [5.74, 6) is -2.22. The zero-order valence-corrected chi connectivity index (χ0v) is 35.9. The SMILES string of the molecule is Fc1cccc(F)c1-c1cc(-n2c3ccccc3c3ccc(-c4ccc(-c5ccccc5)nc4)cc32)c(-n2c3ccccc3c3ccc(-c4ccc(-c5ccccc5)nc4)cc32)cc1C(F)(F)F. The summed E-state index contributed by atoms with van der Waals surface area (Å²) in [4.78, 5) is 9.56. The first-order valence-corrected chi connectivity index (χ1v) is 22.0. The lowest BCUT2D eigenvalue weighted by atomic mass is 9.96. The summed E-state index contributed by atoms with van der Waals surface area (Å²) in [7, 11) is 0. The number of hydrogen-bond acceptors (Lipinski definition) is 2. The Hall–Kier alpha value is -8.69. The van der Waals surface area contributed by atoms with Crippen molar-refractivity contribution < 1.29 is 22.0 Å². The number of para-hydroxylation sites is 2. The highest BCUT2D eigenvalue weighted by atomic mass is 19.4. The molecular weight excluding hydrogens is 860 g/mol. The van der Waals surface area contributed by atoms with Crippen LogP contribution in [-0.2, 0) is 6.18 Å². The van der Waals surface area contributed by atoms with Crippen molar-refractivity contribution in [2.75, 3.05) is 0 Å². The van der Waals surface area contributed by atoms with Crippen molar-refractivity contribution in [2.24, 2.45) is 0 Å². The second kappa shape index (κ2) is 16.0. The molecule has 4 heterocycles. The van der Waals surface area contributed by atoms with Gasteiger partial charge in [-0.1, -0.05) is 140 Å². The van der Waals surface area contributed by atoms with Gasteiger partial charge in [0.05, 0.1) is 56.0 Å². The number of aromatic nitrogens is 4. The van der Waals surface area contributed by atoms with Gasteiger partial charge in [0.2, 0.25) is 0 Å². The minimum atomic E-state index is -5.03. The van der Waals surface area contributed by atoms with Crippen LogP contribution < -0.4 is 0 Å². The van der Waals surface area contributed by atoms with Crippen molar-refractivity contribution in [3.8, 4) is 67.3 Å². The molecule has 0 aliphatic heterocycles. The third-order valence-corrected chi connectivity index (χ3v) is 12.8. The number of hydrogen-bond donors (Lipinski definition) is 0. The molecule has 0 spiro atoms. The molecule has 0 atom stereocenters. The highest BCUT2D eigenvalue weighted by Gasteiger charge is 2.37. The molecule has 0 radical (unpaired) electrons. The number of rotatable bonds is 7. The van der Waals surface area contributed by atoms with E-state index in [1.165, 1.54) is 6.07 Å². The standard InChI is InChI=1S/C59H35F5N4/c60-48-18-11-19-49(61)58(48)46-32-56(67-52-20-9-7-16-42(52)44-26-22-38(30-54(44)67)40-24-28-50(65-34-40)36-12-3-1-4-13-36)57(33-47(46)59(62,63)64)68-53-21-10-8-17-43(53)45-27-23-39(31-55(45)68)41-25-29-51(66-35-41)37-14-5-2-6-15-37/h1-35H. The van der Waals surface area contributed by atoms with Crippen LogP contribution in [-0.4, -0.2) is 19.1 Å². The average Bonchev–Trinajstić information content (AvgIpc) is 3.88. The van der Waals surface area contributed by atoms with Crippen molar-refractivity contribution in [1.82, 2.24) is 19.1 Å². The molecule has 326 valence electrons. The van der Waals surface area contributed by atoms with Crippen LogP contribution in [0.4, 0.5) is 22.0 Å². The molecule has 0 amide bonds. The predicted octanol–water partition coefficient (Wildman–Crippen LogP) is 16.3. The van der Waals surface area contributed by atoms with Gasteiger partial charge >= 0.3 is 6.18 Å². The average molecular weight is 895 g/mol. The first-order valence-electron chi connectivity index (χ1n) is 22.0. The van der Waals surface area contributed by atoms with Crippen LogP contribution in [0.15, 0.2) is 213 Å². The molecule has 4 nitrogen and oxygen atoms in total. The normalized spacial score (nSPS) is 11.9. The first-order chi connectivity index (χ1) is 33.2. The van der Waals surface area contributed by atoms with Gasteiger partial charge in [-0.05, 0) is 71.8 Å². The van der Waals surface area contributed by atoms with E-state index in [1.807, 2.05) is 179 Å². The Balaban J connectivity index is 1.16. The lowest BCUT2D eigenvalue weighted by Crippen LogP contribution is -2.13. The summed E-state index contributed by atoms with van der Waals surface area (Å²) in [6.45, 7) is 0. The van der Waals surface area contributed by atoms with E-state index in [4.69, 9.17) is 9.97 Å². The van der Waals surface area contributed by atoms with Crippen LogP contribution in [0.3, 0.4) is 0 Å². The predicted molar refractivity (Wildman–Crippen MR) is 263 cm³/mol. The molecule has 0 N–H and O–H groups in total.